The van der Waals surface area contributed by atoms with Crippen LogP contribution >= 0.6 is 0 Å². The van der Waals surface area contributed by atoms with E-state index in [-0.39, 0.29) is 0 Å². The third-order valence-corrected chi connectivity index (χ3v) is 20.7. The molecule has 0 atom stereocenters. The molecule has 0 unspecified atom stereocenters. The molecule has 0 bridgehead atoms. The quantitative estimate of drug-likeness (QED) is 0.0412. The van der Waals surface area contributed by atoms with E-state index in [0.717, 1.165) is 61.6 Å². The third kappa shape index (κ3) is 40.6. The Hall–Kier alpha value is -4.44. The highest BCUT2D eigenvalue weighted by atomic mass is 16.5. The van der Waals surface area contributed by atoms with Crippen LogP contribution in [0.5, 0.6) is 11.5 Å². The summed E-state index contributed by atoms with van der Waals surface area (Å²) in [4.78, 5) is 0. The van der Waals surface area contributed by atoms with Gasteiger partial charge < -0.3 is 18.6 Å². The second-order valence-electron chi connectivity index (χ2n) is 29.6. The van der Waals surface area contributed by atoms with E-state index in [0.29, 0.717) is 6.61 Å². The summed E-state index contributed by atoms with van der Waals surface area (Å²) in [7, 11) is 0. The van der Waals surface area contributed by atoms with Crippen LogP contribution in [0.3, 0.4) is 0 Å². The van der Waals surface area contributed by atoms with Crippen molar-refractivity contribution < 1.29 is 9.47 Å². The van der Waals surface area contributed by atoms with Gasteiger partial charge in [0.25, 0.3) is 0 Å². The summed E-state index contributed by atoms with van der Waals surface area (Å²) in [6, 6.07) is 21.6. The van der Waals surface area contributed by atoms with E-state index in [4.69, 9.17) is 9.47 Å². The van der Waals surface area contributed by atoms with Gasteiger partial charge in [-0.15, -0.1) is 0 Å². The number of benzene rings is 2. The Bertz CT molecular complexity index is 2580. The number of ether oxygens (including phenoxy) is 2. The topological polar surface area (TPSA) is 28.3 Å². The highest BCUT2D eigenvalue weighted by Gasteiger charge is 2.14. The molecule has 2 aromatic heterocycles. The molecule has 0 saturated carbocycles. The second kappa shape index (κ2) is 60.3. The summed E-state index contributed by atoms with van der Waals surface area (Å²) in [6.07, 6.45) is 90.5. The maximum atomic E-state index is 6.98. The number of aromatic nitrogens is 2. The normalized spacial score (nSPS) is 12.0. The fraction of sp³-hybridized carbons (Fsp3) is 0.699. The maximum Gasteiger partial charge on any atom is 0.127 e. The minimum absolute atomic E-state index is 0.716. The first-order valence-corrected chi connectivity index (χ1v) is 42.6. The van der Waals surface area contributed by atoms with Crippen LogP contribution < -0.4 is 9.47 Å². The SMILES string of the molecule is C/C=C/c1ccc(C=Cc2cc(OCCCCCCCC)c(C=Cc3ccc(C=Cc4cc(CCCCCCCCCCCC)ccc4CCCCCCCCCCCC)n3CCCCCCCCCCCC)cc2OCCCCCCCC)n1CCCCCCCCCCCC. The number of hydrogen-bond acceptors (Lipinski definition) is 2. The van der Waals surface area contributed by atoms with Crippen molar-refractivity contribution in [2.75, 3.05) is 13.2 Å². The average molecular weight is 1330 g/mol. The van der Waals surface area contributed by atoms with Gasteiger partial charge in [-0.3, -0.25) is 0 Å². The molecule has 0 N–H and O–H groups in total. The molecule has 2 heterocycles. The smallest absolute Gasteiger partial charge is 0.127 e. The molecule has 0 aliphatic carbocycles. The summed E-state index contributed by atoms with van der Waals surface area (Å²) < 4.78 is 19.1. The molecule has 0 saturated heterocycles. The maximum absolute atomic E-state index is 6.98. The molecule has 0 amide bonds. The van der Waals surface area contributed by atoms with E-state index in [9.17, 15) is 0 Å². The first-order chi connectivity index (χ1) is 48.0. The Kier molecular flexibility index (Phi) is 52.9. The summed E-state index contributed by atoms with van der Waals surface area (Å²) in [5, 5.41) is 0. The summed E-state index contributed by atoms with van der Waals surface area (Å²) in [6.45, 7) is 19.5. The van der Waals surface area contributed by atoms with Crippen molar-refractivity contribution in [2.24, 2.45) is 0 Å². The molecular formula is C93H154N2O2. The van der Waals surface area contributed by atoms with Crippen LogP contribution in [-0.2, 0) is 25.9 Å². The van der Waals surface area contributed by atoms with Crippen molar-refractivity contribution in [2.45, 2.75) is 408 Å². The van der Waals surface area contributed by atoms with E-state index in [2.05, 4.69) is 161 Å². The Morgan fingerprint density at radius 2 is 0.536 bits per heavy atom. The van der Waals surface area contributed by atoms with Crippen LogP contribution in [0.1, 0.15) is 433 Å². The Labute approximate surface area is 602 Å². The van der Waals surface area contributed by atoms with Crippen molar-refractivity contribution >= 4 is 42.5 Å². The summed E-state index contributed by atoms with van der Waals surface area (Å²) in [5.74, 6) is 1.90. The molecule has 0 aliphatic rings. The van der Waals surface area contributed by atoms with Gasteiger partial charge in [0.05, 0.1) is 13.2 Å². The Morgan fingerprint density at radius 3 is 0.866 bits per heavy atom. The van der Waals surface area contributed by atoms with Crippen LogP contribution in [0.25, 0.3) is 42.5 Å². The Morgan fingerprint density at radius 1 is 0.258 bits per heavy atom. The monoisotopic (exact) mass is 1330 g/mol. The van der Waals surface area contributed by atoms with Gasteiger partial charge in [0, 0.05) is 47.0 Å². The first-order valence-electron chi connectivity index (χ1n) is 42.6. The molecule has 0 fully saturated rings. The van der Waals surface area contributed by atoms with Gasteiger partial charge in [0.1, 0.15) is 11.5 Å². The van der Waals surface area contributed by atoms with E-state index >= 15 is 0 Å². The van der Waals surface area contributed by atoms with Crippen molar-refractivity contribution in [1.29, 1.82) is 0 Å². The predicted octanol–water partition coefficient (Wildman–Crippen LogP) is 31.1. The van der Waals surface area contributed by atoms with E-state index in [1.54, 1.807) is 0 Å². The molecular weight excluding hydrogens is 1180 g/mol. The number of unbranched alkanes of at least 4 members (excludes halogenated alkanes) is 46. The molecule has 4 nitrogen and oxygen atoms in total. The van der Waals surface area contributed by atoms with Crippen molar-refractivity contribution in [3.63, 3.8) is 0 Å². The zero-order valence-electron chi connectivity index (χ0n) is 65.0. The minimum Gasteiger partial charge on any atom is -0.493 e. The van der Waals surface area contributed by atoms with Gasteiger partial charge in [0.2, 0.25) is 0 Å². The van der Waals surface area contributed by atoms with E-state index < -0.39 is 0 Å². The number of hydrogen-bond donors (Lipinski definition) is 0. The largest absolute Gasteiger partial charge is 0.493 e. The van der Waals surface area contributed by atoms with Gasteiger partial charge in [-0.05, 0) is 148 Å². The van der Waals surface area contributed by atoms with Gasteiger partial charge in [-0.25, -0.2) is 0 Å². The molecule has 97 heavy (non-hydrogen) atoms. The van der Waals surface area contributed by atoms with Gasteiger partial charge in [-0.1, -0.05) is 367 Å². The lowest BCUT2D eigenvalue weighted by molar-refractivity contribution is 0.295. The van der Waals surface area contributed by atoms with Gasteiger partial charge in [0.15, 0.2) is 0 Å². The first kappa shape index (κ1) is 85.0. The van der Waals surface area contributed by atoms with E-state index in [1.807, 2.05) is 0 Å². The van der Waals surface area contributed by atoms with E-state index in [1.165, 1.54) is 367 Å². The minimum atomic E-state index is 0.716. The standard InChI is InChI=1S/C93H154N2O2/c1-8-15-21-27-33-37-41-45-49-55-62-83-64-65-84(63-56-50-46-42-38-34-28-22-16-9-2)85(80-83)66-69-89-74-75-91(95(89)77-58-52-48-44-40-36-30-24-18-11-4)71-68-87-82-92(96-78-59-53-31-25-19-12-5)86(81-93(87)97-79-60-54-32-26-20-13-6)67-70-90-73-72-88(61-14-7)94(90)76-57-51-47-43-39-35-29-23-17-10-3/h14,61,64-75,80-82H,8-13,15-60,62-63,76-79H2,1-7H3/b61-14+,69-66?,70-67?,71-68?. The van der Waals surface area contributed by atoms with Crippen LogP contribution in [0.15, 0.2) is 60.7 Å². The van der Waals surface area contributed by atoms with Crippen LogP contribution in [-0.4, -0.2) is 22.3 Å². The highest BCUT2D eigenvalue weighted by molar-refractivity contribution is 5.79. The lowest BCUT2D eigenvalue weighted by Crippen LogP contribution is -2.04. The fourth-order valence-corrected chi connectivity index (χ4v) is 14.3. The molecule has 4 rings (SSSR count). The second-order valence-corrected chi connectivity index (χ2v) is 29.6. The summed E-state index contributed by atoms with van der Waals surface area (Å²) >= 11 is 0. The lowest BCUT2D eigenvalue weighted by Gasteiger charge is -2.16. The molecule has 4 aromatic rings. The number of aryl methyl sites for hydroxylation is 2. The van der Waals surface area contributed by atoms with Gasteiger partial charge >= 0.3 is 0 Å². The zero-order chi connectivity index (χ0) is 69.0. The van der Waals surface area contributed by atoms with Crippen molar-refractivity contribution in [3.8, 4) is 11.5 Å². The lowest BCUT2D eigenvalue weighted by atomic mass is 9.95. The Balaban J connectivity index is 1.72. The van der Waals surface area contributed by atoms with Crippen molar-refractivity contribution in [1.82, 2.24) is 9.13 Å². The molecule has 0 radical (unpaired) electrons. The summed E-state index contributed by atoms with van der Waals surface area (Å²) in [5.41, 5.74) is 11.8. The molecule has 2 aromatic carbocycles. The predicted molar refractivity (Wildman–Crippen MR) is 436 cm³/mol. The molecule has 4 heteroatoms. The number of nitrogens with zero attached hydrogens (tertiary/aromatic N) is 2. The highest BCUT2D eigenvalue weighted by Crippen LogP contribution is 2.34. The molecule has 548 valence electrons. The van der Waals surface area contributed by atoms with Crippen LogP contribution in [0, 0.1) is 0 Å². The molecule has 0 aliphatic heterocycles. The number of allylic oxidation sites excluding steroid dienone is 1. The number of rotatable bonds is 67. The van der Waals surface area contributed by atoms with Crippen LogP contribution in [0.2, 0.25) is 0 Å². The third-order valence-electron chi connectivity index (χ3n) is 20.7. The zero-order valence-corrected chi connectivity index (χ0v) is 65.0. The fourth-order valence-electron chi connectivity index (χ4n) is 14.3. The average Bonchev–Trinajstić information content (AvgIpc) is 1.59. The molecule has 0 spiro atoms. The van der Waals surface area contributed by atoms with Crippen molar-refractivity contribution in [3.05, 3.63) is 111 Å². The van der Waals surface area contributed by atoms with Gasteiger partial charge in [-0.2, -0.15) is 0 Å². The van der Waals surface area contributed by atoms with Crippen LogP contribution in [0.4, 0.5) is 0 Å².